The highest BCUT2D eigenvalue weighted by atomic mass is 79.9. The second-order valence-corrected chi connectivity index (χ2v) is 10.9. The lowest BCUT2D eigenvalue weighted by Gasteiger charge is -2.39. The third-order valence-electron chi connectivity index (χ3n) is 6.87. The largest absolute Gasteiger partial charge is 1.00 e. The molecule has 0 N–H and O–H groups in total. The summed E-state index contributed by atoms with van der Waals surface area (Å²) in [5.41, 5.74) is 0. The van der Waals surface area contributed by atoms with Crippen LogP contribution in [0.5, 0.6) is 0 Å². The molecule has 0 aromatic rings. The number of quaternary nitrogens is 1. The van der Waals surface area contributed by atoms with Crippen molar-refractivity contribution in [1.82, 2.24) is 0 Å². The fraction of sp³-hybridized carbons (Fsp3) is 1.00. The number of hydrogen-bond donors (Lipinski definition) is 0. The van der Waals surface area contributed by atoms with Crippen LogP contribution in [0, 0.1) is 0 Å². The fourth-order valence-electron chi connectivity index (χ4n) is 4.17. The van der Waals surface area contributed by atoms with Crippen molar-refractivity contribution in [2.24, 2.45) is 0 Å². The number of epoxide rings is 2. The van der Waals surface area contributed by atoms with Crippen LogP contribution in [0.4, 0.5) is 0 Å². The van der Waals surface area contributed by atoms with E-state index < -0.39 is 0 Å². The van der Waals surface area contributed by atoms with Crippen LogP contribution in [-0.2, 0) is 14.2 Å². The van der Waals surface area contributed by atoms with Gasteiger partial charge in [0.05, 0.1) is 58.0 Å². The minimum atomic E-state index is 0. The van der Waals surface area contributed by atoms with Crippen molar-refractivity contribution >= 4 is 11.6 Å². The molecule has 220 valence electrons. The van der Waals surface area contributed by atoms with Crippen molar-refractivity contribution in [3.8, 4) is 0 Å². The Morgan fingerprint density at radius 1 is 0.611 bits per heavy atom. The Bertz CT molecular complexity index is 385. The van der Waals surface area contributed by atoms with E-state index in [9.17, 15) is 0 Å². The van der Waals surface area contributed by atoms with Gasteiger partial charge in [-0.3, -0.25) is 0 Å². The molecule has 0 aromatic carbocycles. The summed E-state index contributed by atoms with van der Waals surface area (Å²) in [6.07, 6.45) is 19.9. The molecule has 2 fully saturated rings. The quantitative estimate of drug-likeness (QED) is 0.0723. The summed E-state index contributed by atoms with van der Waals surface area (Å²) in [7, 11) is 0. The molecular weight excluding hydrogens is 538 g/mol. The van der Waals surface area contributed by atoms with Gasteiger partial charge in [0.1, 0.15) is 6.10 Å². The zero-order valence-electron chi connectivity index (χ0n) is 24.8. The molecule has 0 bridgehead atoms. The van der Waals surface area contributed by atoms with E-state index in [1.165, 1.54) is 121 Å². The van der Waals surface area contributed by atoms with Gasteiger partial charge in [0.15, 0.2) is 0 Å². The van der Waals surface area contributed by atoms with Crippen LogP contribution in [0.25, 0.3) is 0 Å². The predicted molar refractivity (Wildman–Crippen MR) is 154 cm³/mol. The average Bonchev–Trinajstić information content (AvgIpc) is 3.80. The molecule has 6 heteroatoms. The first-order valence-corrected chi connectivity index (χ1v) is 15.9. The zero-order valence-corrected chi connectivity index (χ0v) is 27.2. The van der Waals surface area contributed by atoms with Gasteiger partial charge < -0.3 is 35.7 Å². The summed E-state index contributed by atoms with van der Waals surface area (Å²) in [6.45, 7) is 20.8. The van der Waals surface area contributed by atoms with E-state index >= 15 is 0 Å². The van der Waals surface area contributed by atoms with E-state index in [2.05, 4.69) is 34.6 Å². The van der Waals surface area contributed by atoms with Crippen LogP contribution in [-0.4, -0.2) is 75.2 Å². The number of ether oxygens (including phenoxy) is 3. The van der Waals surface area contributed by atoms with E-state index in [0.29, 0.717) is 18.1 Å². The molecule has 2 rings (SSSR count). The van der Waals surface area contributed by atoms with E-state index in [-0.39, 0.29) is 17.0 Å². The lowest BCUT2D eigenvalue weighted by atomic mass is 10.1. The van der Waals surface area contributed by atoms with E-state index in [1.54, 1.807) is 0 Å². The SMILES string of the molecule is CCCCCCCCOCC1CO1.CCCC[N+](CCCC)(CCCC)CCCC.ClCC1CO1.[Br-]. The highest BCUT2D eigenvalue weighted by Crippen LogP contribution is 2.16. The Morgan fingerprint density at radius 2 is 1.00 bits per heavy atom. The molecule has 2 aliphatic rings. The van der Waals surface area contributed by atoms with E-state index in [0.717, 1.165) is 26.4 Å². The number of halogens is 2. The Hall–Kier alpha value is 0.610. The summed E-state index contributed by atoms with van der Waals surface area (Å²) in [5, 5.41) is 0. The highest BCUT2D eigenvalue weighted by Gasteiger charge is 2.24. The summed E-state index contributed by atoms with van der Waals surface area (Å²) in [5.74, 6) is 0.667. The number of hydrogen-bond acceptors (Lipinski definition) is 3. The van der Waals surface area contributed by atoms with E-state index in [4.69, 9.17) is 25.8 Å². The van der Waals surface area contributed by atoms with Crippen LogP contribution < -0.4 is 17.0 Å². The van der Waals surface area contributed by atoms with Gasteiger partial charge in [-0.15, -0.1) is 11.6 Å². The standard InChI is InChI=1S/C16H36N.C11H22O2.C3H5ClO.BrH/c1-5-9-13-17(14-10-6-2,15-11-7-3)16-12-8-4;1-2-3-4-5-6-7-8-12-9-11-10-13-11;4-1-3-2-5-3;/h5-16H2,1-4H3;11H,2-10H2,1H3;3H,1-2H2;1H/q+1;;;/p-1. The summed E-state index contributed by atoms with van der Waals surface area (Å²) < 4.78 is 16.6. The molecule has 2 saturated heterocycles. The fourth-order valence-corrected chi connectivity index (χ4v) is 4.34. The molecule has 0 amide bonds. The van der Waals surface area contributed by atoms with Crippen molar-refractivity contribution in [3.63, 3.8) is 0 Å². The average molecular weight is 601 g/mol. The third-order valence-corrected chi connectivity index (χ3v) is 7.21. The minimum absolute atomic E-state index is 0. The lowest BCUT2D eigenvalue weighted by molar-refractivity contribution is -0.929. The smallest absolute Gasteiger partial charge is 0.104 e. The van der Waals surface area contributed by atoms with Crippen molar-refractivity contribution in [3.05, 3.63) is 0 Å². The molecule has 0 aliphatic carbocycles. The molecule has 0 saturated carbocycles. The Balaban J connectivity index is 0. The molecule has 0 spiro atoms. The number of unbranched alkanes of at least 4 members (excludes halogenated alkanes) is 9. The second-order valence-electron chi connectivity index (χ2n) is 10.6. The lowest BCUT2D eigenvalue weighted by Crippen LogP contribution is -3.00. The molecule has 0 aromatic heterocycles. The maximum absolute atomic E-state index is 5.44. The summed E-state index contributed by atoms with van der Waals surface area (Å²) >= 11 is 5.27. The van der Waals surface area contributed by atoms with Gasteiger partial charge in [-0.25, -0.2) is 0 Å². The predicted octanol–water partition coefficient (Wildman–Crippen LogP) is 5.39. The monoisotopic (exact) mass is 599 g/mol. The number of nitrogens with zero attached hydrogens (tertiary/aromatic N) is 1. The molecule has 0 radical (unpaired) electrons. The van der Waals surface area contributed by atoms with Gasteiger partial charge in [-0.2, -0.15) is 0 Å². The highest BCUT2D eigenvalue weighted by molar-refractivity contribution is 6.18. The van der Waals surface area contributed by atoms with Crippen LogP contribution >= 0.6 is 11.6 Å². The number of rotatable bonds is 22. The van der Waals surface area contributed by atoms with Crippen molar-refractivity contribution in [2.45, 2.75) is 137 Å². The van der Waals surface area contributed by atoms with Gasteiger partial charge in [0.2, 0.25) is 0 Å². The normalized spacial score (nSPS) is 17.8. The first kappa shape index (κ1) is 38.8. The Labute approximate surface area is 241 Å². The maximum atomic E-state index is 5.44. The van der Waals surface area contributed by atoms with Crippen LogP contribution in [0.3, 0.4) is 0 Å². The van der Waals surface area contributed by atoms with Crippen molar-refractivity contribution < 1.29 is 35.7 Å². The topological polar surface area (TPSA) is 34.3 Å². The third kappa shape index (κ3) is 26.2. The van der Waals surface area contributed by atoms with Crippen molar-refractivity contribution in [2.75, 3.05) is 58.5 Å². The molecule has 2 unspecified atom stereocenters. The molecule has 2 aliphatic heterocycles. The van der Waals surface area contributed by atoms with Gasteiger partial charge in [-0.1, -0.05) is 92.4 Å². The Kier molecular flexibility index (Phi) is 30.8. The summed E-state index contributed by atoms with van der Waals surface area (Å²) in [4.78, 5) is 0. The first-order chi connectivity index (χ1) is 17.1. The van der Waals surface area contributed by atoms with Gasteiger partial charge in [0.25, 0.3) is 0 Å². The molecule has 2 heterocycles. The summed E-state index contributed by atoms with van der Waals surface area (Å²) in [6, 6.07) is 0. The van der Waals surface area contributed by atoms with E-state index in [1.807, 2.05) is 0 Å². The number of alkyl halides is 1. The Morgan fingerprint density at radius 3 is 1.33 bits per heavy atom. The zero-order chi connectivity index (χ0) is 26.0. The van der Waals surface area contributed by atoms with Gasteiger partial charge >= 0.3 is 0 Å². The van der Waals surface area contributed by atoms with Crippen molar-refractivity contribution in [1.29, 1.82) is 0 Å². The molecule has 2 atom stereocenters. The molecule has 4 nitrogen and oxygen atoms in total. The van der Waals surface area contributed by atoms with Crippen LogP contribution in [0.2, 0.25) is 0 Å². The minimum Gasteiger partial charge on any atom is -1.00 e. The second kappa shape index (κ2) is 28.6. The maximum Gasteiger partial charge on any atom is 0.104 e. The molecular formula is C30H63BrClNO3. The van der Waals surface area contributed by atoms with Crippen LogP contribution in [0.1, 0.15) is 125 Å². The molecule has 36 heavy (non-hydrogen) atoms. The first-order valence-electron chi connectivity index (χ1n) is 15.3. The van der Waals surface area contributed by atoms with Gasteiger partial charge in [0, 0.05) is 6.61 Å². The van der Waals surface area contributed by atoms with Gasteiger partial charge in [-0.05, 0) is 32.1 Å². The van der Waals surface area contributed by atoms with Crippen LogP contribution in [0.15, 0.2) is 0 Å².